The van der Waals surface area contributed by atoms with Crippen LogP contribution in [-0.2, 0) is 6.42 Å². The summed E-state index contributed by atoms with van der Waals surface area (Å²) in [5.41, 5.74) is -5.86. The predicted octanol–water partition coefficient (Wildman–Crippen LogP) is 7.34. The maximum atomic E-state index is 13.5. The van der Waals surface area contributed by atoms with Crippen LogP contribution in [0, 0.1) is 0 Å². The highest BCUT2D eigenvalue weighted by Crippen LogP contribution is 2.66. The van der Waals surface area contributed by atoms with Gasteiger partial charge < -0.3 is 151 Å². The van der Waals surface area contributed by atoms with Gasteiger partial charge in [0, 0.05) is 92.9 Å². The van der Waals surface area contributed by atoms with E-state index in [1.54, 1.807) is 0 Å². The van der Waals surface area contributed by atoms with Crippen LogP contribution in [-0.4, -0.2) is 158 Å². The minimum atomic E-state index is -2.31. The molecule has 0 saturated heterocycles. The van der Waals surface area contributed by atoms with Crippen LogP contribution in [0.25, 0.3) is 0 Å². The summed E-state index contributed by atoms with van der Waals surface area (Å²) in [5.74, 6) is -27.0. The molecule has 105 heavy (non-hydrogen) atoms. The topological polar surface area (TPSA) is 552 Å². The second-order valence-electron chi connectivity index (χ2n) is 26.3. The molecule has 30 nitrogen and oxygen atoms in total. The van der Waals surface area contributed by atoms with Gasteiger partial charge in [0.25, 0.3) is 0 Å². The van der Waals surface area contributed by atoms with Gasteiger partial charge in [0.1, 0.15) is 117 Å². The van der Waals surface area contributed by atoms with Crippen LogP contribution < -0.4 is 23.7 Å². The Bertz CT molecular complexity index is 5270. The Balaban J connectivity index is 0.958. The van der Waals surface area contributed by atoms with E-state index in [1.165, 1.54) is 24.3 Å². The van der Waals surface area contributed by atoms with E-state index >= 15 is 0 Å². The first kappa shape index (κ1) is 67.8. The molecule has 0 amide bonds. The van der Waals surface area contributed by atoms with Crippen LogP contribution >= 0.6 is 0 Å². The summed E-state index contributed by atoms with van der Waals surface area (Å²) in [4.78, 5) is 0. The van der Waals surface area contributed by atoms with Crippen molar-refractivity contribution in [2.24, 2.45) is 0 Å². The van der Waals surface area contributed by atoms with E-state index in [-0.39, 0.29) is 50.4 Å². The number of phenolic OH excluding ortho intramolecular Hbond substituents is 20. The number of ether oxygens (including phenoxy) is 5. The van der Waals surface area contributed by atoms with Gasteiger partial charge >= 0.3 is 0 Å². The van der Waals surface area contributed by atoms with Gasteiger partial charge in [-0.1, -0.05) is 30.3 Å². The van der Waals surface area contributed by atoms with Crippen molar-refractivity contribution in [3.63, 3.8) is 0 Å². The van der Waals surface area contributed by atoms with Crippen LogP contribution in [0.4, 0.5) is 0 Å². The molecule has 5 aliphatic rings. The Hall–Kier alpha value is -13.0. The zero-order valence-corrected chi connectivity index (χ0v) is 53.6. The van der Waals surface area contributed by atoms with Gasteiger partial charge in [-0.2, -0.15) is 0 Å². The molecular formula is C75H62O30. The molecule has 0 aliphatic carbocycles. The molecule has 15 rings (SSSR count). The van der Waals surface area contributed by atoms with Gasteiger partial charge in [0.2, 0.25) is 0 Å². The third kappa shape index (κ3) is 10.7. The zero-order chi connectivity index (χ0) is 74.7. The first-order valence-electron chi connectivity index (χ1n) is 32.1. The summed E-state index contributed by atoms with van der Waals surface area (Å²) in [7, 11) is 0. The predicted molar refractivity (Wildman–Crippen MR) is 356 cm³/mol. The number of aromatic hydroxyl groups is 20. The van der Waals surface area contributed by atoms with E-state index in [0.717, 1.165) is 97.1 Å². The highest BCUT2D eigenvalue weighted by molar-refractivity contribution is 5.75. The molecule has 14 unspecified atom stereocenters. The van der Waals surface area contributed by atoms with E-state index in [0.29, 0.717) is 6.07 Å². The minimum absolute atomic E-state index is 0.0482. The van der Waals surface area contributed by atoms with Crippen LogP contribution in [0.5, 0.6) is 144 Å². The fourth-order valence-electron chi connectivity index (χ4n) is 15.4. The summed E-state index contributed by atoms with van der Waals surface area (Å²) in [6.45, 7) is 0. The second kappa shape index (κ2) is 24.6. The maximum Gasteiger partial charge on any atom is 0.157 e. The summed E-state index contributed by atoms with van der Waals surface area (Å²) in [6, 6.07) is 21.5. The number of fused-ring (bicyclic) bond motifs is 5. The first-order valence-corrected chi connectivity index (χ1v) is 32.1. The van der Waals surface area contributed by atoms with Crippen molar-refractivity contribution in [3.05, 3.63) is 205 Å². The molecule has 0 aromatic heterocycles. The molecule has 30 heteroatoms. The molecule has 0 spiro atoms. The smallest absolute Gasteiger partial charge is 0.157 e. The third-order valence-corrected chi connectivity index (χ3v) is 20.2. The Morgan fingerprint density at radius 3 is 0.886 bits per heavy atom. The quantitative estimate of drug-likeness (QED) is 0.0628. The normalized spacial score (nSPS) is 24.2. The van der Waals surface area contributed by atoms with Gasteiger partial charge in [0.15, 0.2) is 81.9 Å². The van der Waals surface area contributed by atoms with E-state index in [2.05, 4.69) is 0 Å². The lowest BCUT2D eigenvalue weighted by Crippen LogP contribution is -2.39. The molecule has 10 aromatic carbocycles. The summed E-state index contributed by atoms with van der Waals surface area (Å²) >= 11 is 0. The van der Waals surface area contributed by atoms with Crippen molar-refractivity contribution >= 4 is 0 Å². The number of benzene rings is 10. The molecule has 0 saturated carbocycles. The molecule has 5 heterocycles. The number of hydrogen-bond acceptors (Lipinski definition) is 30. The molecular weight excluding hydrogens is 1380 g/mol. The largest absolute Gasteiger partial charge is 0.508 e. The Kier molecular flexibility index (Phi) is 15.9. The average molecular weight is 1440 g/mol. The summed E-state index contributed by atoms with van der Waals surface area (Å²) in [5, 5.41) is 294. The van der Waals surface area contributed by atoms with Crippen LogP contribution in [0.2, 0.25) is 0 Å². The maximum absolute atomic E-state index is 13.5. The van der Waals surface area contributed by atoms with Gasteiger partial charge in [-0.25, -0.2) is 0 Å². The fourth-order valence-corrected chi connectivity index (χ4v) is 15.4. The first-order chi connectivity index (χ1) is 49.9. The average Bonchev–Trinajstić information content (AvgIpc) is 0.710. The summed E-state index contributed by atoms with van der Waals surface area (Å²) < 4.78 is 31.6. The molecule has 25 N–H and O–H groups in total. The summed E-state index contributed by atoms with van der Waals surface area (Å²) in [6.07, 6.45) is -19.4. The van der Waals surface area contributed by atoms with Gasteiger partial charge in [-0.15, -0.1) is 0 Å². The number of rotatable bonds is 9. The number of aliphatic hydroxyl groups is 5. The monoisotopic (exact) mass is 1440 g/mol. The van der Waals surface area contributed by atoms with E-state index in [4.69, 9.17) is 23.7 Å². The van der Waals surface area contributed by atoms with Gasteiger partial charge in [0.05, 0.1) is 29.8 Å². The van der Waals surface area contributed by atoms with Crippen molar-refractivity contribution in [3.8, 4) is 144 Å². The Labute approximate surface area is 589 Å². The third-order valence-electron chi connectivity index (χ3n) is 20.2. The molecule has 542 valence electrons. The highest BCUT2D eigenvalue weighted by Gasteiger charge is 2.54. The standard InChI is InChI=1S/C75H62O30/c76-28-16-40(87)51-48(17-28)102-71(24-2-7-31(78)36(83)12-24)66(97)59(51)55-41(88)19-42(89)56-60(67(98)74(105-75(55)56)27-5-10-34(81)39(86)15-27)53-44(91)21-50-58(64(53)95)62(69(100)73(104-50)26-4-9-33(80)38(85)14-26)54-45(92)22-49-57(65(54)96)61(68(99)72(103-49)25-3-8-32(79)37(84)13-25)52-43(90)20-47-29(63(52)94)18-46(93)70(101-47)23-1-6-30(77)35(82)11-23/h1-17,19-22,46,59-62,66-74,76-100H,18H2. The van der Waals surface area contributed by atoms with Gasteiger partial charge in [-0.05, 0) is 88.5 Å². The molecule has 0 radical (unpaired) electrons. The van der Waals surface area contributed by atoms with Crippen LogP contribution in [0.15, 0.2) is 127 Å². The van der Waals surface area contributed by atoms with Crippen molar-refractivity contribution < 1.29 is 151 Å². The van der Waals surface area contributed by atoms with Crippen LogP contribution in [0.3, 0.4) is 0 Å². The van der Waals surface area contributed by atoms with Crippen molar-refractivity contribution in [1.29, 1.82) is 0 Å². The van der Waals surface area contributed by atoms with E-state index in [1.807, 2.05) is 0 Å². The zero-order valence-electron chi connectivity index (χ0n) is 53.6. The lowest BCUT2D eigenvalue weighted by molar-refractivity contribution is -0.00414. The molecule has 5 aliphatic heterocycles. The number of hydrogen-bond donors (Lipinski definition) is 25. The molecule has 0 bridgehead atoms. The van der Waals surface area contributed by atoms with Gasteiger partial charge in [-0.3, -0.25) is 0 Å². The van der Waals surface area contributed by atoms with Crippen molar-refractivity contribution in [1.82, 2.24) is 0 Å². The van der Waals surface area contributed by atoms with Crippen molar-refractivity contribution in [2.75, 3.05) is 0 Å². The number of phenols is 20. The molecule has 0 fully saturated rings. The second-order valence-corrected chi connectivity index (χ2v) is 26.3. The highest BCUT2D eigenvalue weighted by atomic mass is 16.5. The fraction of sp³-hybridized carbons (Fsp3) is 0.200. The molecule has 14 atom stereocenters. The van der Waals surface area contributed by atoms with E-state index in [9.17, 15) is 128 Å². The lowest BCUT2D eigenvalue weighted by atomic mass is 9.71. The Morgan fingerprint density at radius 2 is 0.514 bits per heavy atom. The number of aliphatic hydroxyl groups excluding tert-OH is 5. The van der Waals surface area contributed by atoms with E-state index < -0.39 is 262 Å². The SMILES string of the molecule is Oc1cc(O)c2c(c1)OC(c1ccc(O)c(O)c1)C(O)C2c1c(O)cc(O)c2c1OC(c1ccc(O)c(O)c1)C(O)C2c1c(O)cc2c(c1O)C(c1c(O)cc3c(c1O)C(c1c(O)cc4c(c1O)CC(O)C(c1ccc(O)c(O)c1)O4)C(O)C(c1ccc(O)c(O)c1)O3)C(O)C(c1ccc(O)c(O)c1)O2. The Morgan fingerprint density at radius 1 is 0.229 bits per heavy atom. The minimum Gasteiger partial charge on any atom is -0.508 e. The van der Waals surface area contributed by atoms with Crippen LogP contribution in [0.1, 0.15) is 132 Å². The lowest BCUT2D eigenvalue weighted by Gasteiger charge is -2.43. The molecule has 10 aromatic rings. The van der Waals surface area contributed by atoms with Crippen molar-refractivity contribution in [2.45, 2.75) is 91.1 Å².